The first-order valence-corrected chi connectivity index (χ1v) is 7.75. The van der Waals surface area contributed by atoms with Crippen molar-refractivity contribution in [2.45, 2.75) is 45.1 Å². The molecule has 1 fully saturated rings. The molecule has 1 aliphatic heterocycles. The molecule has 2 N–H and O–H groups in total. The Morgan fingerprint density at radius 2 is 2.11 bits per heavy atom. The Balaban J connectivity index is 1.83. The van der Waals surface area contributed by atoms with Gasteiger partial charge in [0.05, 0.1) is 12.1 Å². The van der Waals surface area contributed by atoms with Gasteiger partial charge in [-0.15, -0.1) is 11.3 Å². The Hall–Kier alpha value is -1.36. The van der Waals surface area contributed by atoms with Gasteiger partial charge in [-0.05, 0) is 19.8 Å². The lowest BCUT2D eigenvalue weighted by Gasteiger charge is -2.32. The molecule has 4 nitrogen and oxygen atoms in total. The van der Waals surface area contributed by atoms with E-state index < -0.39 is 0 Å². The summed E-state index contributed by atoms with van der Waals surface area (Å²) in [5.74, 6) is 0.767. The topological polar surface area (TPSA) is 60.2 Å². The van der Waals surface area contributed by atoms with Crippen LogP contribution in [0.3, 0.4) is 0 Å². The second-order valence-corrected chi connectivity index (χ2v) is 6.24. The summed E-state index contributed by atoms with van der Waals surface area (Å²) < 4.78 is 0. The minimum absolute atomic E-state index is 0.310. The number of aromatic nitrogens is 1. The third-order valence-corrected chi connectivity index (χ3v) is 4.96. The van der Waals surface area contributed by atoms with Gasteiger partial charge in [0, 0.05) is 17.1 Å². The standard InChI is InChI=1S/C14H19N3OS/c1-9-8-19-14(16-9)12-11(18)7-17(13(12)15)10-5-3-2-4-6-10/h8,10,15,18H,2-7H2,1H3. The SMILES string of the molecule is Cc1csc(C2=C(O)CN(C3CCCCC3)C2=N)n1. The summed E-state index contributed by atoms with van der Waals surface area (Å²) in [7, 11) is 0. The molecule has 0 saturated heterocycles. The van der Waals surface area contributed by atoms with Gasteiger partial charge in [-0.3, -0.25) is 5.41 Å². The number of aliphatic hydroxyl groups is 1. The molecule has 102 valence electrons. The van der Waals surface area contributed by atoms with Gasteiger partial charge in [0.1, 0.15) is 16.6 Å². The Labute approximate surface area is 117 Å². The number of nitrogens with one attached hydrogen (secondary N) is 1. The molecule has 2 heterocycles. The van der Waals surface area contributed by atoms with Gasteiger partial charge in [0.2, 0.25) is 0 Å². The summed E-state index contributed by atoms with van der Waals surface area (Å²) in [5.41, 5.74) is 1.59. The van der Waals surface area contributed by atoms with E-state index in [4.69, 9.17) is 5.41 Å². The van der Waals surface area contributed by atoms with Crippen LogP contribution >= 0.6 is 11.3 Å². The van der Waals surface area contributed by atoms with E-state index in [1.54, 1.807) is 0 Å². The molecular weight excluding hydrogens is 258 g/mol. The largest absolute Gasteiger partial charge is 0.510 e. The summed E-state index contributed by atoms with van der Waals surface area (Å²) in [6, 6.07) is 0.418. The van der Waals surface area contributed by atoms with Gasteiger partial charge < -0.3 is 10.0 Å². The lowest BCUT2D eigenvalue weighted by molar-refractivity contribution is 0.241. The van der Waals surface area contributed by atoms with Gasteiger partial charge in [-0.25, -0.2) is 4.98 Å². The first kappa shape index (κ1) is 12.7. The first-order valence-electron chi connectivity index (χ1n) is 6.87. The van der Waals surface area contributed by atoms with E-state index in [1.165, 1.54) is 30.6 Å². The fraction of sp³-hybridized carbons (Fsp3) is 0.571. The van der Waals surface area contributed by atoms with Crippen molar-refractivity contribution >= 4 is 22.7 Å². The van der Waals surface area contributed by atoms with Gasteiger partial charge in [0.25, 0.3) is 0 Å². The van der Waals surface area contributed by atoms with Gasteiger partial charge in [-0.2, -0.15) is 0 Å². The van der Waals surface area contributed by atoms with Crippen molar-refractivity contribution in [1.29, 1.82) is 5.41 Å². The zero-order valence-corrected chi connectivity index (χ0v) is 12.0. The average Bonchev–Trinajstić information content (AvgIpc) is 2.95. The van der Waals surface area contributed by atoms with Crippen molar-refractivity contribution < 1.29 is 5.11 Å². The monoisotopic (exact) mass is 277 g/mol. The molecule has 5 heteroatoms. The third-order valence-electron chi connectivity index (χ3n) is 3.98. The molecule has 0 bridgehead atoms. The summed E-state index contributed by atoms with van der Waals surface area (Å²) in [6.45, 7) is 2.42. The quantitative estimate of drug-likeness (QED) is 0.871. The smallest absolute Gasteiger partial charge is 0.135 e. The molecule has 1 aromatic rings. The lowest BCUT2D eigenvalue weighted by Crippen LogP contribution is -2.38. The van der Waals surface area contributed by atoms with Crippen molar-refractivity contribution in [3.05, 3.63) is 21.8 Å². The molecule has 2 aliphatic rings. The van der Waals surface area contributed by atoms with Crippen LogP contribution in [-0.4, -0.2) is 33.4 Å². The van der Waals surface area contributed by atoms with Crippen molar-refractivity contribution in [1.82, 2.24) is 9.88 Å². The summed E-state index contributed by atoms with van der Waals surface area (Å²) in [5, 5.41) is 21.3. The van der Waals surface area contributed by atoms with Crippen LogP contribution in [0.15, 0.2) is 11.1 Å². The normalized spacial score (nSPS) is 21.5. The van der Waals surface area contributed by atoms with Crippen LogP contribution < -0.4 is 0 Å². The number of amidine groups is 1. The van der Waals surface area contributed by atoms with Crippen LogP contribution in [-0.2, 0) is 0 Å². The Morgan fingerprint density at radius 1 is 1.37 bits per heavy atom. The molecule has 0 spiro atoms. The zero-order valence-electron chi connectivity index (χ0n) is 11.1. The van der Waals surface area contributed by atoms with Gasteiger partial charge in [0.15, 0.2) is 0 Å². The molecule has 3 rings (SSSR count). The molecular formula is C14H19N3OS. The van der Waals surface area contributed by atoms with Crippen LogP contribution in [0.4, 0.5) is 0 Å². The highest BCUT2D eigenvalue weighted by Gasteiger charge is 2.34. The highest BCUT2D eigenvalue weighted by atomic mass is 32.1. The number of thiazole rings is 1. The number of rotatable bonds is 2. The highest BCUT2D eigenvalue weighted by molar-refractivity contribution is 7.11. The van der Waals surface area contributed by atoms with Crippen molar-refractivity contribution in [2.75, 3.05) is 6.54 Å². The molecule has 0 aromatic carbocycles. The fourth-order valence-electron chi connectivity index (χ4n) is 3.00. The second-order valence-electron chi connectivity index (χ2n) is 5.38. The van der Waals surface area contributed by atoms with E-state index in [9.17, 15) is 5.11 Å². The third kappa shape index (κ3) is 2.27. The maximum atomic E-state index is 10.2. The van der Waals surface area contributed by atoms with E-state index in [-0.39, 0.29) is 0 Å². The molecule has 0 radical (unpaired) electrons. The van der Waals surface area contributed by atoms with E-state index in [1.807, 2.05) is 12.3 Å². The van der Waals surface area contributed by atoms with Crippen molar-refractivity contribution in [3.63, 3.8) is 0 Å². The maximum absolute atomic E-state index is 10.2. The fourth-order valence-corrected chi connectivity index (χ4v) is 3.86. The molecule has 19 heavy (non-hydrogen) atoms. The van der Waals surface area contributed by atoms with Crippen LogP contribution in [0.5, 0.6) is 0 Å². The van der Waals surface area contributed by atoms with Crippen LogP contribution in [0.1, 0.15) is 42.8 Å². The first-order chi connectivity index (χ1) is 9.16. The van der Waals surface area contributed by atoms with Crippen molar-refractivity contribution in [3.8, 4) is 0 Å². The Bertz CT molecular complexity index is 529. The maximum Gasteiger partial charge on any atom is 0.135 e. The number of aliphatic hydroxyl groups excluding tert-OH is 1. The number of aryl methyl sites for hydroxylation is 1. The number of nitrogens with zero attached hydrogens (tertiary/aromatic N) is 2. The summed E-state index contributed by atoms with van der Waals surface area (Å²) >= 11 is 1.51. The van der Waals surface area contributed by atoms with Crippen LogP contribution in [0, 0.1) is 12.3 Å². The molecule has 0 unspecified atom stereocenters. The van der Waals surface area contributed by atoms with Crippen LogP contribution in [0.25, 0.3) is 5.57 Å². The summed E-state index contributed by atoms with van der Waals surface area (Å²) in [4.78, 5) is 6.46. The average molecular weight is 277 g/mol. The van der Waals surface area contributed by atoms with Crippen LogP contribution in [0.2, 0.25) is 0 Å². The summed E-state index contributed by atoms with van der Waals surface area (Å²) in [6.07, 6.45) is 6.05. The van der Waals surface area contributed by atoms with E-state index >= 15 is 0 Å². The number of hydrogen-bond acceptors (Lipinski definition) is 4. The van der Waals surface area contributed by atoms with E-state index in [0.717, 1.165) is 23.5 Å². The van der Waals surface area contributed by atoms with E-state index in [2.05, 4.69) is 9.88 Å². The Morgan fingerprint density at radius 3 is 2.74 bits per heavy atom. The van der Waals surface area contributed by atoms with Gasteiger partial charge in [-0.1, -0.05) is 19.3 Å². The predicted octanol–water partition coefficient (Wildman–Crippen LogP) is 3.35. The minimum atomic E-state index is 0.310. The predicted molar refractivity (Wildman–Crippen MR) is 77.7 cm³/mol. The van der Waals surface area contributed by atoms with Gasteiger partial charge >= 0.3 is 0 Å². The van der Waals surface area contributed by atoms with Crippen molar-refractivity contribution in [2.24, 2.45) is 0 Å². The Kier molecular flexibility index (Phi) is 3.31. The number of hydrogen-bond donors (Lipinski definition) is 2. The minimum Gasteiger partial charge on any atom is -0.510 e. The molecule has 1 saturated carbocycles. The second kappa shape index (κ2) is 4.96. The van der Waals surface area contributed by atoms with E-state index in [0.29, 0.717) is 29.8 Å². The lowest BCUT2D eigenvalue weighted by atomic mass is 9.94. The molecule has 1 aliphatic carbocycles. The molecule has 1 aromatic heterocycles. The molecule has 0 atom stereocenters. The zero-order chi connectivity index (χ0) is 13.4. The molecule has 0 amide bonds. The highest BCUT2D eigenvalue weighted by Crippen LogP contribution is 2.33.